The minimum Gasteiger partial charge on any atom is -0.276 e. The number of rotatable bonds is 2. The molecule has 0 unspecified atom stereocenters. The Morgan fingerprint density at radius 1 is 1.09 bits per heavy atom. The van der Waals surface area contributed by atoms with Crippen molar-refractivity contribution in [1.29, 1.82) is 0 Å². The van der Waals surface area contributed by atoms with E-state index < -0.39 is 5.24 Å². The van der Waals surface area contributed by atoms with Crippen LogP contribution in [0, 0.1) is 6.92 Å². The molecule has 0 aliphatic rings. The highest BCUT2D eigenvalue weighted by Gasteiger charge is 2.18. The fourth-order valence-corrected chi connectivity index (χ4v) is 3.25. The van der Waals surface area contributed by atoms with Crippen LogP contribution in [0.3, 0.4) is 0 Å². The third-order valence-electron chi connectivity index (χ3n) is 3.52. The topological polar surface area (TPSA) is 30.0 Å². The number of nitrogens with zero attached hydrogens (tertiary/aromatic N) is 1. The second kappa shape index (κ2) is 5.88. The molecular weight excluding hydrogens is 341 g/mol. The summed E-state index contributed by atoms with van der Waals surface area (Å²) < 4.78 is 0. The Morgan fingerprint density at radius 2 is 1.82 bits per heavy atom. The number of carbonyl (C=O) groups is 1. The molecule has 0 spiro atoms. The van der Waals surface area contributed by atoms with E-state index in [0.717, 1.165) is 5.39 Å². The molecule has 22 heavy (non-hydrogen) atoms. The van der Waals surface area contributed by atoms with E-state index in [-0.39, 0.29) is 0 Å². The molecule has 3 rings (SSSR count). The summed E-state index contributed by atoms with van der Waals surface area (Å²) in [5, 5.41) is 1.24. The van der Waals surface area contributed by atoms with Crippen LogP contribution in [-0.2, 0) is 0 Å². The van der Waals surface area contributed by atoms with Crippen LogP contribution < -0.4 is 0 Å². The molecule has 0 amide bonds. The van der Waals surface area contributed by atoms with E-state index in [2.05, 4.69) is 4.98 Å². The van der Waals surface area contributed by atoms with Crippen molar-refractivity contribution >= 4 is 50.9 Å². The van der Waals surface area contributed by atoms with Crippen LogP contribution in [0.15, 0.2) is 42.5 Å². The predicted octanol–water partition coefficient (Wildman–Crippen LogP) is 5.90. The number of aromatic nitrogens is 1. The van der Waals surface area contributed by atoms with Gasteiger partial charge in [-0.05, 0) is 48.4 Å². The van der Waals surface area contributed by atoms with E-state index >= 15 is 0 Å². The van der Waals surface area contributed by atoms with Gasteiger partial charge in [0.15, 0.2) is 0 Å². The van der Waals surface area contributed by atoms with Gasteiger partial charge in [-0.3, -0.25) is 4.79 Å². The van der Waals surface area contributed by atoms with Gasteiger partial charge >= 0.3 is 0 Å². The highest BCUT2D eigenvalue weighted by atomic mass is 35.5. The van der Waals surface area contributed by atoms with Crippen molar-refractivity contribution in [1.82, 2.24) is 4.98 Å². The molecule has 2 nitrogen and oxygen atoms in total. The molecule has 2 aromatic carbocycles. The first-order chi connectivity index (χ1) is 10.5. The number of pyridine rings is 1. The lowest BCUT2D eigenvalue weighted by molar-refractivity contribution is 0.108. The van der Waals surface area contributed by atoms with Gasteiger partial charge in [0.05, 0.1) is 16.2 Å². The molecule has 0 saturated carbocycles. The molecule has 5 heteroatoms. The first-order valence-corrected chi connectivity index (χ1v) is 7.67. The van der Waals surface area contributed by atoms with Crippen LogP contribution in [0.5, 0.6) is 0 Å². The minimum atomic E-state index is -0.512. The fourth-order valence-electron chi connectivity index (χ4n) is 2.50. The fraction of sp³-hybridized carbons (Fsp3) is 0.0588. The smallest absolute Gasteiger partial charge is 0.253 e. The first kappa shape index (κ1) is 15.3. The summed E-state index contributed by atoms with van der Waals surface area (Å²) in [5.74, 6) is 0. The van der Waals surface area contributed by atoms with Crippen molar-refractivity contribution in [2.24, 2.45) is 0 Å². The second-order valence-corrected chi connectivity index (χ2v) is 6.06. The maximum absolute atomic E-state index is 11.9. The Bertz CT molecular complexity index is 906. The van der Waals surface area contributed by atoms with Crippen molar-refractivity contribution in [3.63, 3.8) is 0 Å². The number of halogens is 3. The molecule has 1 heterocycles. The summed E-state index contributed by atoms with van der Waals surface area (Å²) in [6.45, 7) is 1.81. The normalized spacial score (nSPS) is 10.9. The molecular formula is C17H10Cl3NO. The average molecular weight is 351 g/mol. The molecule has 0 radical (unpaired) electrons. The van der Waals surface area contributed by atoms with Crippen molar-refractivity contribution in [2.45, 2.75) is 6.92 Å². The Kier molecular flexibility index (Phi) is 4.09. The molecule has 0 aliphatic heterocycles. The van der Waals surface area contributed by atoms with Gasteiger partial charge in [0, 0.05) is 21.5 Å². The number of hydrogen-bond donors (Lipinski definition) is 0. The van der Waals surface area contributed by atoms with Crippen LogP contribution in [0.25, 0.3) is 22.2 Å². The molecule has 0 aliphatic carbocycles. The molecule has 0 bridgehead atoms. The summed E-state index contributed by atoms with van der Waals surface area (Å²) in [5.41, 5.74) is 3.19. The zero-order valence-electron chi connectivity index (χ0n) is 11.5. The molecule has 0 saturated heterocycles. The van der Waals surface area contributed by atoms with E-state index in [1.807, 2.05) is 31.2 Å². The van der Waals surface area contributed by atoms with Crippen LogP contribution in [0.2, 0.25) is 10.0 Å². The van der Waals surface area contributed by atoms with E-state index in [1.165, 1.54) is 0 Å². The van der Waals surface area contributed by atoms with Crippen LogP contribution in [0.4, 0.5) is 0 Å². The maximum atomic E-state index is 11.9. The average Bonchev–Trinajstić information content (AvgIpc) is 2.46. The zero-order chi connectivity index (χ0) is 15.9. The van der Waals surface area contributed by atoms with Crippen LogP contribution >= 0.6 is 34.8 Å². The van der Waals surface area contributed by atoms with Crippen molar-refractivity contribution in [3.8, 4) is 11.3 Å². The van der Waals surface area contributed by atoms with Crippen molar-refractivity contribution < 1.29 is 4.79 Å². The van der Waals surface area contributed by atoms with E-state index in [4.69, 9.17) is 34.8 Å². The van der Waals surface area contributed by atoms with Crippen molar-refractivity contribution in [2.75, 3.05) is 0 Å². The summed E-state index contributed by atoms with van der Waals surface area (Å²) >= 11 is 18.0. The number of carbonyl (C=O) groups excluding carboxylic acids is 1. The molecule has 0 atom stereocenters. The third-order valence-corrected chi connectivity index (χ3v) is 4.26. The monoisotopic (exact) mass is 349 g/mol. The highest BCUT2D eigenvalue weighted by Crippen LogP contribution is 2.35. The Hall–Kier alpha value is -1.61. The first-order valence-electron chi connectivity index (χ1n) is 6.53. The van der Waals surface area contributed by atoms with E-state index in [9.17, 15) is 4.79 Å². The van der Waals surface area contributed by atoms with E-state index in [0.29, 0.717) is 37.9 Å². The number of benzene rings is 2. The van der Waals surface area contributed by atoms with Gasteiger partial charge in [-0.15, -0.1) is 0 Å². The zero-order valence-corrected chi connectivity index (χ0v) is 13.8. The Morgan fingerprint density at radius 3 is 2.50 bits per heavy atom. The summed E-state index contributed by atoms with van der Waals surface area (Å²) in [7, 11) is 0. The lowest BCUT2D eigenvalue weighted by Gasteiger charge is -2.13. The summed E-state index contributed by atoms with van der Waals surface area (Å²) in [6, 6.07) is 12.6. The maximum Gasteiger partial charge on any atom is 0.253 e. The minimum absolute atomic E-state index is 0.452. The number of fused-ring (bicyclic) bond motifs is 1. The van der Waals surface area contributed by atoms with Crippen molar-refractivity contribution in [3.05, 3.63) is 63.6 Å². The van der Waals surface area contributed by atoms with Crippen LogP contribution in [-0.4, -0.2) is 10.2 Å². The van der Waals surface area contributed by atoms with E-state index in [1.54, 1.807) is 18.2 Å². The largest absolute Gasteiger partial charge is 0.276 e. The van der Waals surface area contributed by atoms with Gasteiger partial charge in [-0.2, -0.15) is 0 Å². The van der Waals surface area contributed by atoms with Gasteiger partial charge in [-0.25, -0.2) is 4.98 Å². The summed E-state index contributed by atoms with van der Waals surface area (Å²) in [4.78, 5) is 16.5. The Balaban J connectivity index is 2.40. The summed E-state index contributed by atoms with van der Waals surface area (Å²) in [6.07, 6.45) is 0. The molecule has 3 aromatic rings. The molecule has 0 fully saturated rings. The lowest BCUT2D eigenvalue weighted by Crippen LogP contribution is -2.01. The highest BCUT2D eigenvalue weighted by molar-refractivity contribution is 6.68. The molecule has 110 valence electrons. The molecule has 1 aromatic heterocycles. The number of hydrogen-bond acceptors (Lipinski definition) is 2. The molecule has 0 N–H and O–H groups in total. The second-order valence-electron chi connectivity index (χ2n) is 4.88. The Labute approximate surface area is 142 Å². The van der Waals surface area contributed by atoms with Gasteiger partial charge < -0.3 is 0 Å². The van der Waals surface area contributed by atoms with Gasteiger partial charge in [0.25, 0.3) is 5.24 Å². The standard InChI is InChI=1S/C17H10Cl3NO/c1-9-15(17(20)22)12-4-2-3-5-14(12)21-16(9)11-7-6-10(18)8-13(11)19/h2-8H,1H3. The van der Waals surface area contributed by atoms with Gasteiger partial charge in [0.2, 0.25) is 0 Å². The van der Waals surface area contributed by atoms with Gasteiger partial charge in [0.1, 0.15) is 0 Å². The van der Waals surface area contributed by atoms with Crippen LogP contribution in [0.1, 0.15) is 15.9 Å². The SMILES string of the molecule is Cc1c(-c2ccc(Cl)cc2Cl)nc2ccccc2c1C(=O)Cl. The third kappa shape index (κ3) is 2.58. The van der Waals surface area contributed by atoms with Gasteiger partial charge in [-0.1, -0.05) is 41.4 Å². The predicted molar refractivity (Wildman–Crippen MR) is 92.1 cm³/mol. The quantitative estimate of drug-likeness (QED) is 0.539. The number of para-hydroxylation sites is 1. The lowest BCUT2D eigenvalue weighted by atomic mass is 9.98.